The molecule has 0 aromatic carbocycles. The zero-order valence-corrected chi connectivity index (χ0v) is 9.30. The number of rotatable bonds is 2. The van der Waals surface area contributed by atoms with Gasteiger partial charge in [-0.2, -0.15) is 0 Å². The van der Waals surface area contributed by atoms with Crippen LogP contribution in [0.2, 0.25) is 0 Å². The maximum atomic E-state index is 12.5. The Morgan fingerprint density at radius 3 is 2.62 bits per heavy atom. The molecule has 0 saturated carbocycles. The topological polar surface area (TPSA) is 22.1 Å². The summed E-state index contributed by atoms with van der Waals surface area (Å²) in [5, 5.41) is 0. The Hall–Kier alpha value is -0.460. The molecule has 1 heterocycles. The zero-order chi connectivity index (χ0) is 10.0. The van der Waals surface area contributed by atoms with Gasteiger partial charge in [0.2, 0.25) is 0 Å². The molecular formula is C8H8F2INO. The minimum atomic E-state index is -2.51. The summed E-state index contributed by atoms with van der Waals surface area (Å²) in [4.78, 5) is 3.82. The SMILES string of the molecule is COc1cnc(C)c(C(F)F)c1I. The van der Waals surface area contributed by atoms with Gasteiger partial charge in [0.15, 0.2) is 5.75 Å². The van der Waals surface area contributed by atoms with Crippen LogP contribution in [0, 0.1) is 10.5 Å². The van der Waals surface area contributed by atoms with Crippen LogP contribution in [0.25, 0.3) is 0 Å². The standard InChI is InChI=1S/C8H8F2INO/c1-4-6(8(9)10)7(11)5(13-2)3-12-4/h3,8H,1-2H3. The van der Waals surface area contributed by atoms with E-state index in [0.717, 1.165) is 0 Å². The Kier molecular flexibility index (Phi) is 3.40. The van der Waals surface area contributed by atoms with Gasteiger partial charge in [0.05, 0.1) is 22.4 Å². The lowest BCUT2D eigenvalue weighted by molar-refractivity contribution is 0.148. The highest BCUT2D eigenvalue weighted by molar-refractivity contribution is 14.1. The molecular weight excluding hydrogens is 291 g/mol. The predicted molar refractivity (Wildman–Crippen MR) is 53.2 cm³/mol. The molecule has 0 aliphatic rings. The maximum absolute atomic E-state index is 12.5. The molecule has 1 aromatic rings. The van der Waals surface area contributed by atoms with Gasteiger partial charge >= 0.3 is 0 Å². The number of alkyl halides is 2. The predicted octanol–water partition coefficient (Wildman–Crippen LogP) is 2.94. The van der Waals surface area contributed by atoms with E-state index in [-0.39, 0.29) is 5.56 Å². The lowest BCUT2D eigenvalue weighted by Crippen LogP contribution is -2.00. The summed E-state index contributed by atoms with van der Waals surface area (Å²) >= 11 is 1.84. The van der Waals surface area contributed by atoms with E-state index in [2.05, 4.69) is 4.98 Å². The quantitative estimate of drug-likeness (QED) is 0.783. The minimum Gasteiger partial charge on any atom is -0.494 e. The molecule has 1 aromatic heterocycles. The highest BCUT2D eigenvalue weighted by Crippen LogP contribution is 2.32. The van der Waals surface area contributed by atoms with Crippen LogP contribution < -0.4 is 4.74 Å². The van der Waals surface area contributed by atoms with Crippen LogP contribution in [0.5, 0.6) is 5.75 Å². The van der Waals surface area contributed by atoms with E-state index < -0.39 is 6.43 Å². The molecule has 5 heteroatoms. The van der Waals surface area contributed by atoms with Gasteiger partial charge in [0.1, 0.15) is 0 Å². The summed E-state index contributed by atoms with van der Waals surface area (Å²) in [6.07, 6.45) is -1.06. The lowest BCUT2D eigenvalue weighted by atomic mass is 10.2. The number of nitrogens with zero attached hydrogens (tertiary/aromatic N) is 1. The molecule has 0 atom stereocenters. The van der Waals surface area contributed by atoms with Crippen molar-refractivity contribution in [3.63, 3.8) is 0 Å². The molecule has 1 rings (SSSR count). The number of ether oxygens (including phenoxy) is 1. The van der Waals surface area contributed by atoms with Crippen LogP contribution >= 0.6 is 22.6 Å². The van der Waals surface area contributed by atoms with Crippen LogP contribution in [-0.2, 0) is 0 Å². The van der Waals surface area contributed by atoms with Crippen molar-refractivity contribution in [3.05, 3.63) is 21.0 Å². The van der Waals surface area contributed by atoms with Crippen LogP contribution in [0.3, 0.4) is 0 Å². The first-order chi connectivity index (χ1) is 6.07. The number of hydrogen-bond acceptors (Lipinski definition) is 2. The van der Waals surface area contributed by atoms with Crippen molar-refractivity contribution in [2.45, 2.75) is 13.3 Å². The lowest BCUT2D eigenvalue weighted by Gasteiger charge is -2.09. The van der Waals surface area contributed by atoms with Crippen molar-refractivity contribution in [2.75, 3.05) is 7.11 Å². The summed E-state index contributed by atoms with van der Waals surface area (Å²) in [6.45, 7) is 1.56. The van der Waals surface area contributed by atoms with Crippen LogP contribution in [0.1, 0.15) is 17.7 Å². The summed E-state index contributed by atoms with van der Waals surface area (Å²) < 4.78 is 30.3. The van der Waals surface area contributed by atoms with Gasteiger partial charge in [0.25, 0.3) is 6.43 Å². The van der Waals surface area contributed by atoms with Crippen molar-refractivity contribution < 1.29 is 13.5 Å². The smallest absolute Gasteiger partial charge is 0.266 e. The van der Waals surface area contributed by atoms with Gasteiger partial charge < -0.3 is 4.74 Å². The highest BCUT2D eigenvalue weighted by atomic mass is 127. The van der Waals surface area contributed by atoms with Gasteiger partial charge in [-0.05, 0) is 29.5 Å². The summed E-state index contributed by atoms with van der Waals surface area (Å²) in [7, 11) is 1.43. The van der Waals surface area contributed by atoms with Gasteiger partial charge in [-0.1, -0.05) is 0 Å². The number of aryl methyl sites for hydroxylation is 1. The zero-order valence-electron chi connectivity index (χ0n) is 7.14. The molecule has 13 heavy (non-hydrogen) atoms. The largest absolute Gasteiger partial charge is 0.494 e. The second-order valence-corrected chi connectivity index (χ2v) is 3.52. The van der Waals surface area contributed by atoms with Gasteiger partial charge in [-0.15, -0.1) is 0 Å². The Morgan fingerprint density at radius 2 is 2.15 bits per heavy atom. The monoisotopic (exact) mass is 299 g/mol. The number of methoxy groups -OCH3 is 1. The molecule has 72 valence electrons. The molecule has 0 aliphatic carbocycles. The Bertz CT molecular complexity index is 317. The van der Waals surface area contributed by atoms with E-state index in [1.807, 2.05) is 22.6 Å². The molecule has 0 unspecified atom stereocenters. The molecule has 0 fully saturated rings. The fraction of sp³-hybridized carbons (Fsp3) is 0.375. The van der Waals surface area contributed by atoms with E-state index in [4.69, 9.17) is 4.74 Å². The second-order valence-electron chi connectivity index (χ2n) is 2.44. The molecule has 0 bridgehead atoms. The first-order valence-electron chi connectivity index (χ1n) is 3.55. The Balaban J connectivity index is 3.30. The Labute approximate surface area is 88.5 Å². The summed E-state index contributed by atoms with van der Waals surface area (Å²) in [6, 6.07) is 0. The number of hydrogen-bond donors (Lipinski definition) is 0. The minimum absolute atomic E-state index is 0.0417. The van der Waals surface area contributed by atoms with Crippen molar-refractivity contribution in [1.82, 2.24) is 4.98 Å². The summed E-state index contributed by atoms with van der Waals surface area (Å²) in [5.41, 5.74) is 0.306. The van der Waals surface area contributed by atoms with Crippen LogP contribution in [0.4, 0.5) is 8.78 Å². The average molecular weight is 299 g/mol. The fourth-order valence-corrected chi connectivity index (χ4v) is 1.95. The van der Waals surface area contributed by atoms with Crippen LogP contribution in [-0.4, -0.2) is 12.1 Å². The van der Waals surface area contributed by atoms with Crippen LogP contribution in [0.15, 0.2) is 6.20 Å². The molecule has 0 spiro atoms. The van der Waals surface area contributed by atoms with Crippen molar-refractivity contribution in [3.8, 4) is 5.75 Å². The number of pyridine rings is 1. The van der Waals surface area contributed by atoms with E-state index in [1.165, 1.54) is 13.3 Å². The van der Waals surface area contributed by atoms with Gasteiger partial charge in [-0.25, -0.2) is 8.78 Å². The van der Waals surface area contributed by atoms with Crippen molar-refractivity contribution in [1.29, 1.82) is 0 Å². The van der Waals surface area contributed by atoms with E-state index in [1.54, 1.807) is 6.92 Å². The molecule has 0 N–H and O–H groups in total. The summed E-state index contributed by atoms with van der Waals surface area (Å²) in [5.74, 6) is 0.390. The normalized spacial score (nSPS) is 10.6. The highest BCUT2D eigenvalue weighted by Gasteiger charge is 2.18. The van der Waals surface area contributed by atoms with Crippen molar-refractivity contribution in [2.24, 2.45) is 0 Å². The first-order valence-corrected chi connectivity index (χ1v) is 4.63. The number of aromatic nitrogens is 1. The van der Waals surface area contributed by atoms with Crippen molar-refractivity contribution >= 4 is 22.6 Å². The van der Waals surface area contributed by atoms with E-state index in [9.17, 15) is 8.78 Å². The molecule has 0 amide bonds. The first kappa shape index (κ1) is 10.6. The van der Waals surface area contributed by atoms with Gasteiger partial charge in [0, 0.05) is 5.69 Å². The third-order valence-electron chi connectivity index (χ3n) is 1.66. The average Bonchev–Trinajstić information content (AvgIpc) is 2.04. The Morgan fingerprint density at radius 1 is 1.54 bits per heavy atom. The molecule has 0 radical (unpaired) electrons. The third kappa shape index (κ3) is 2.07. The maximum Gasteiger partial charge on any atom is 0.266 e. The number of halogens is 3. The third-order valence-corrected chi connectivity index (χ3v) is 2.77. The second kappa shape index (κ2) is 4.17. The molecule has 2 nitrogen and oxygen atoms in total. The van der Waals surface area contributed by atoms with Gasteiger partial charge in [-0.3, -0.25) is 4.98 Å². The van der Waals surface area contributed by atoms with E-state index in [0.29, 0.717) is 15.0 Å². The van der Waals surface area contributed by atoms with E-state index >= 15 is 0 Å². The molecule has 0 saturated heterocycles. The molecule has 0 aliphatic heterocycles. The fourth-order valence-electron chi connectivity index (χ4n) is 0.969.